The molecule has 0 aromatic heterocycles. The maximum Gasteiger partial charge on any atom is 0.327 e. The Bertz CT molecular complexity index is 685. The SMILES string of the molecule is COC(=O)C1(NS(=O)(=O)c2ccc(Cl)cc2F)CCCCCC1. The van der Waals surface area contributed by atoms with Crippen molar-refractivity contribution in [2.45, 2.75) is 49.0 Å². The first-order valence-corrected chi connectivity index (χ1v) is 9.24. The molecule has 1 aromatic rings. The molecule has 23 heavy (non-hydrogen) atoms. The fourth-order valence-electron chi connectivity index (χ4n) is 2.88. The van der Waals surface area contributed by atoms with Gasteiger partial charge in [-0.1, -0.05) is 37.3 Å². The van der Waals surface area contributed by atoms with Crippen molar-refractivity contribution in [3.8, 4) is 0 Å². The second kappa shape index (κ2) is 7.15. The lowest BCUT2D eigenvalue weighted by atomic mass is 9.92. The second-order valence-electron chi connectivity index (χ2n) is 5.67. The van der Waals surface area contributed by atoms with Crippen LogP contribution < -0.4 is 4.72 Å². The Morgan fingerprint density at radius 2 is 1.87 bits per heavy atom. The zero-order valence-electron chi connectivity index (χ0n) is 12.8. The number of carbonyl (C=O) groups is 1. The van der Waals surface area contributed by atoms with Crippen molar-refractivity contribution in [3.05, 3.63) is 29.0 Å². The Morgan fingerprint density at radius 1 is 1.26 bits per heavy atom. The standard InChI is InChI=1S/C15H19ClFNO4S/c1-22-14(19)15(8-4-2-3-5-9-15)18-23(20,21)13-7-6-11(16)10-12(13)17/h6-7,10,18H,2-5,8-9H2,1H3. The van der Waals surface area contributed by atoms with Gasteiger partial charge >= 0.3 is 5.97 Å². The van der Waals surface area contributed by atoms with Crippen molar-refractivity contribution in [3.63, 3.8) is 0 Å². The van der Waals surface area contributed by atoms with E-state index in [1.165, 1.54) is 13.2 Å². The fourth-order valence-corrected chi connectivity index (χ4v) is 4.51. The van der Waals surface area contributed by atoms with Gasteiger partial charge in [-0.3, -0.25) is 4.79 Å². The highest BCUT2D eigenvalue weighted by Gasteiger charge is 2.43. The Labute approximate surface area is 140 Å². The number of benzene rings is 1. The molecule has 0 atom stereocenters. The molecule has 0 amide bonds. The molecule has 128 valence electrons. The van der Waals surface area contributed by atoms with E-state index in [2.05, 4.69) is 4.72 Å². The van der Waals surface area contributed by atoms with E-state index in [-0.39, 0.29) is 5.02 Å². The van der Waals surface area contributed by atoms with Crippen LogP contribution in [-0.2, 0) is 19.6 Å². The number of esters is 1. The number of halogens is 2. The van der Waals surface area contributed by atoms with E-state index >= 15 is 0 Å². The van der Waals surface area contributed by atoms with Crippen LogP contribution in [0, 0.1) is 5.82 Å². The molecule has 0 spiro atoms. The molecule has 0 bridgehead atoms. The van der Waals surface area contributed by atoms with Gasteiger partial charge in [0.25, 0.3) is 0 Å². The third kappa shape index (κ3) is 4.02. The van der Waals surface area contributed by atoms with Crippen LogP contribution in [0.2, 0.25) is 5.02 Å². The van der Waals surface area contributed by atoms with E-state index in [0.717, 1.165) is 25.0 Å². The predicted octanol–water partition coefficient (Wildman–Crippen LogP) is 3.02. The second-order valence-corrected chi connectivity index (χ2v) is 7.76. The Hall–Kier alpha value is -1.18. The Morgan fingerprint density at radius 3 is 2.39 bits per heavy atom. The molecule has 5 nitrogen and oxygen atoms in total. The van der Waals surface area contributed by atoms with Crippen LogP contribution in [0.5, 0.6) is 0 Å². The summed E-state index contributed by atoms with van der Waals surface area (Å²) in [5.74, 6) is -1.60. The topological polar surface area (TPSA) is 72.5 Å². The number of nitrogens with one attached hydrogen (secondary N) is 1. The Kier molecular flexibility index (Phi) is 5.65. The number of carbonyl (C=O) groups excluding carboxylic acids is 1. The van der Waals surface area contributed by atoms with E-state index in [0.29, 0.717) is 25.7 Å². The van der Waals surface area contributed by atoms with Gasteiger partial charge in [-0.25, -0.2) is 12.8 Å². The van der Waals surface area contributed by atoms with Gasteiger partial charge < -0.3 is 4.74 Å². The quantitative estimate of drug-likeness (QED) is 0.659. The van der Waals surface area contributed by atoms with Crippen molar-refractivity contribution in [2.75, 3.05) is 7.11 Å². The highest BCUT2D eigenvalue weighted by molar-refractivity contribution is 7.89. The molecule has 2 rings (SSSR count). The van der Waals surface area contributed by atoms with Crippen LogP contribution in [0.25, 0.3) is 0 Å². The smallest absolute Gasteiger partial charge is 0.327 e. The molecule has 1 N–H and O–H groups in total. The minimum absolute atomic E-state index is 0.0959. The number of ether oxygens (including phenoxy) is 1. The lowest BCUT2D eigenvalue weighted by molar-refractivity contribution is -0.148. The van der Waals surface area contributed by atoms with E-state index in [9.17, 15) is 17.6 Å². The van der Waals surface area contributed by atoms with E-state index in [1.807, 2.05) is 0 Å². The number of methoxy groups -OCH3 is 1. The van der Waals surface area contributed by atoms with E-state index in [1.54, 1.807) is 0 Å². The van der Waals surface area contributed by atoms with Crippen LogP contribution >= 0.6 is 11.6 Å². The molecule has 1 aromatic carbocycles. The van der Waals surface area contributed by atoms with Crippen molar-refractivity contribution < 1.29 is 22.3 Å². The maximum absolute atomic E-state index is 14.0. The third-order valence-electron chi connectivity index (χ3n) is 4.05. The molecule has 1 aliphatic rings. The molecule has 1 fully saturated rings. The normalized spacial score (nSPS) is 18.2. The summed E-state index contributed by atoms with van der Waals surface area (Å²) in [4.78, 5) is 11.7. The average Bonchev–Trinajstić information content (AvgIpc) is 2.72. The molecule has 0 heterocycles. The molecular weight excluding hydrogens is 345 g/mol. The highest BCUT2D eigenvalue weighted by Crippen LogP contribution is 2.31. The Balaban J connectivity index is 2.39. The number of sulfonamides is 1. The summed E-state index contributed by atoms with van der Waals surface area (Å²) in [7, 11) is -3.01. The largest absolute Gasteiger partial charge is 0.468 e. The van der Waals surface area contributed by atoms with Gasteiger partial charge in [0.2, 0.25) is 10.0 Å². The minimum atomic E-state index is -4.22. The number of hydrogen-bond acceptors (Lipinski definition) is 4. The lowest BCUT2D eigenvalue weighted by Gasteiger charge is -2.30. The molecule has 0 unspecified atom stereocenters. The van der Waals surface area contributed by atoms with Crippen LogP contribution in [0.3, 0.4) is 0 Å². The summed E-state index contributed by atoms with van der Waals surface area (Å²) >= 11 is 5.65. The summed E-state index contributed by atoms with van der Waals surface area (Å²) in [6.07, 6.45) is 3.87. The van der Waals surface area contributed by atoms with Crippen molar-refractivity contribution in [1.29, 1.82) is 0 Å². The van der Waals surface area contributed by atoms with Gasteiger partial charge in [0.1, 0.15) is 16.3 Å². The molecule has 0 radical (unpaired) electrons. The van der Waals surface area contributed by atoms with Gasteiger partial charge in [-0.15, -0.1) is 0 Å². The van der Waals surface area contributed by atoms with Crippen LogP contribution in [0.1, 0.15) is 38.5 Å². The van der Waals surface area contributed by atoms with Crippen molar-refractivity contribution in [2.24, 2.45) is 0 Å². The first-order valence-electron chi connectivity index (χ1n) is 7.38. The van der Waals surface area contributed by atoms with Crippen LogP contribution in [0.15, 0.2) is 23.1 Å². The molecule has 0 aliphatic heterocycles. The minimum Gasteiger partial charge on any atom is -0.468 e. The van der Waals surface area contributed by atoms with Crippen molar-refractivity contribution in [1.82, 2.24) is 4.72 Å². The summed E-state index contributed by atoms with van der Waals surface area (Å²) < 4.78 is 46.3. The summed E-state index contributed by atoms with van der Waals surface area (Å²) in [5, 5.41) is 0.0959. The van der Waals surface area contributed by atoms with Crippen LogP contribution in [0.4, 0.5) is 4.39 Å². The van der Waals surface area contributed by atoms with Crippen LogP contribution in [-0.4, -0.2) is 27.0 Å². The zero-order chi connectivity index (χ0) is 17.1. The molecule has 0 saturated heterocycles. The van der Waals surface area contributed by atoms with Gasteiger partial charge in [0.05, 0.1) is 7.11 Å². The molecule has 1 aliphatic carbocycles. The maximum atomic E-state index is 14.0. The van der Waals surface area contributed by atoms with Gasteiger partial charge in [0, 0.05) is 5.02 Å². The monoisotopic (exact) mass is 363 g/mol. The molecule has 8 heteroatoms. The number of rotatable bonds is 4. The fraction of sp³-hybridized carbons (Fsp3) is 0.533. The zero-order valence-corrected chi connectivity index (χ0v) is 14.3. The summed E-state index contributed by atoms with van der Waals surface area (Å²) in [6.45, 7) is 0. The molecular formula is C15H19ClFNO4S. The molecule has 1 saturated carbocycles. The average molecular weight is 364 g/mol. The summed E-state index contributed by atoms with van der Waals surface area (Å²) in [6, 6.07) is 3.30. The van der Waals surface area contributed by atoms with E-state index < -0.39 is 32.2 Å². The van der Waals surface area contributed by atoms with Gasteiger partial charge in [-0.2, -0.15) is 4.72 Å². The summed E-state index contributed by atoms with van der Waals surface area (Å²) in [5.41, 5.74) is -1.35. The van der Waals surface area contributed by atoms with Gasteiger partial charge in [0.15, 0.2) is 0 Å². The van der Waals surface area contributed by atoms with Gasteiger partial charge in [-0.05, 0) is 31.0 Å². The third-order valence-corrected chi connectivity index (χ3v) is 5.85. The van der Waals surface area contributed by atoms with E-state index in [4.69, 9.17) is 16.3 Å². The highest BCUT2D eigenvalue weighted by atomic mass is 35.5. The first kappa shape index (κ1) is 18.2. The number of hydrogen-bond donors (Lipinski definition) is 1. The predicted molar refractivity (Wildman–Crippen MR) is 84.2 cm³/mol. The lowest BCUT2D eigenvalue weighted by Crippen LogP contribution is -2.54. The van der Waals surface area contributed by atoms with Crippen molar-refractivity contribution >= 4 is 27.6 Å². The first-order chi connectivity index (χ1) is 10.8.